The molecule has 0 amide bonds. The average molecular weight is 213 g/mol. The first kappa shape index (κ1) is 15.0. The van der Waals surface area contributed by atoms with Crippen LogP contribution in [0.1, 0.15) is 72.6 Å². The van der Waals surface area contributed by atoms with Gasteiger partial charge in [-0.2, -0.15) is 0 Å². The molecule has 0 aliphatic carbocycles. The van der Waals surface area contributed by atoms with E-state index in [0.717, 1.165) is 12.5 Å². The molecule has 1 heteroatoms. The minimum atomic E-state index is 0.534. The van der Waals surface area contributed by atoms with Crippen molar-refractivity contribution in [1.29, 1.82) is 0 Å². The number of hydrogen-bond donors (Lipinski definition) is 1. The molecule has 0 atom stereocenters. The maximum absolute atomic E-state index is 5.49. The molecule has 0 aliphatic rings. The smallest absolute Gasteiger partial charge is 0.00773 e. The summed E-state index contributed by atoms with van der Waals surface area (Å²) in [5.41, 5.74) is 6.02. The van der Waals surface area contributed by atoms with Crippen LogP contribution < -0.4 is 5.73 Å². The van der Waals surface area contributed by atoms with E-state index in [1.807, 2.05) is 0 Å². The van der Waals surface area contributed by atoms with Crippen molar-refractivity contribution in [1.82, 2.24) is 0 Å². The van der Waals surface area contributed by atoms with Gasteiger partial charge < -0.3 is 5.73 Å². The fourth-order valence-corrected chi connectivity index (χ4v) is 2.68. The lowest BCUT2D eigenvalue weighted by Gasteiger charge is -2.33. The van der Waals surface area contributed by atoms with Gasteiger partial charge in [0, 0.05) is 0 Å². The Hall–Kier alpha value is -0.0400. The maximum atomic E-state index is 5.49. The maximum Gasteiger partial charge on any atom is -0.00773 e. The van der Waals surface area contributed by atoms with E-state index in [4.69, 9.17) is 5.73 Å². The van der Waals surface area contributed by atoms with Crippen LogP contribution in [0.3, 0.4) is 0 Å². The van der Waals surface area contributed by atoms with Crippen LogP contribution in [0.4, 0.5) is 0 Å². The van der Waals surface area contributed by atoms with Crippen molar-refractivity contribution in [2.75, 3.05) is 6.54 Å². The molecule has 0 rings (SSSR count). The summed E-state index contributed by atoms with van der Waals surface area (Å²) in [4.78, 5) is 0. The first-order valence-corrected chi connectivity index (χ1v) is 6.78. The minimum Gasteiger partial charge on any atom is -0.330 e. The average Bonchev–Trinajstić information content (AvgIpc) is 2.18. The third kappa shape index (κ3) is 6.19. The highest BCUT2D eigenvalue weighted by molar-refractivity contribution is 4.76. The standard InChI is InChI=1S/C14H31N/c1-5-13(6-2)14(3,4)11-9-7-8-10-12-15/h13H,5-12,15H2,1-4H3. The summed E-state index contributed by atoms with van der Waals surface area (Å²) < 4.78 is 0. The highest BCUT2D eigenvalue weighted by Gasteiger charge is 2.25. The Bertz CT molecular complexity index is 136. The summed E-state index contributed by atoms with van der Waals surface area (Å²) in [5.74, 6) is 0.895. The monoisotopic (exact) mass is 213 g/mol. The molecule has 0 radical (unpaired) electrons. The third-order valence-corrected chi connectivity index (χ3v) is 3.87. The molecular formula is C14H31N. The molecule has 92 valence electrons. The highest BCUT2D eigenvalue weighted by atomic mass is 14.5. The first-order chi connectivity index (χ1) is 7.08. The number of unbranched alkanes of at least 4 members (excludes halogenated alkanes) is 3. The zero-order valence-corrected chi connectivity index (χ0v) is 11.3. The predicted octanol–water partition coefficient (Wildman–Crippen LogP) is 4.36. The summed E-state index contributed by atoms with van der Waals surface area (Å²) in [6.45, 7) is 10.4. The molecule has 0 saturated heterocycles. The molecule has 0 aromatic heterocycles. The van der Waals surface area contributed by atoms with E-state index in [1.54, 1.807) is 0 Å². The quantitative estimate of drug-likeness (QED) is 0.566. The summed E-state index contributed by atoms with van der Waals surface area (Å²) in [6, 6.07) is 0. The molecule has 0 aromatic rings. The fraction of sp³-hybridized carbons (Fsp3) is 1.00. The van der Waals surface area contributed by atoms with E-state index in [9.17, 15) is 0 Å². The predicted molar refractivity (Wildman–Crippen MR) is 70.0 cm³/mol. The summed E-state index contributed by atoms with van der Waals surface area (Å²) in [5, 5.41) is 0. The van der Waals surface area contributed by atoms with E-state index in [-0.39, 0.29) is 0 Å². The molecular weight excluding hydrogens is 182 g/mol. The molecule has 2 N–H and O–H groups in total. The van der Waals surface area contributed by atoms with Crippen LogP contribution in [0, 0.1) is 11.3 Å². The van der Waals surface area contributed by atoms with Crippen molar-refractivity contribution in [3.8, 4) is 0 Å². The molecule has 0 spiro atoms. The summed E-state index contributed by atoms with van der Waals surface area (Å²) in [6.07, 6.45) is 9.29. The molecule has 0 heterocycles. The van der Waals surface area contributed by atoms with E-state index in [0.29, 0.717) is 5.41 Å². The van der Waals surface area contributed by atoms with Crippen LogP contribution in [0.2, 0.25) is 0 Å². The lowest BCUT2D eigenvalue weighted by atomic mass is 9.72. The summed E-state index contributed by atoms with van der Waals surface area (Å²) in [7, 11) is 0. The topological polar surface area (TPSA) is 26.0 Å². The molecule has 0 fully saturated rings. The van der Waals surface area contributed by atoms with Crippen LogP contribution in [0.5, 0.6) is 0 Å². The normalized spacial score (nSPS) is 12.4. The Morgan fingerprint density at radius 3 is 1.93 bits per heavy atom. The Morgan fingerprint density at radius 1 is 0.933 bits per heavy atom. The minimum absolute atomic E-state index is 0.534. The van der Waals surface area contributed by atoms with Crippen LogP contribution in [-0.4, -0.2) is 6.54 Å². The molecule has 0 bridgehead atoms. The molecule has 0 aromatic carbocycles. The van der Waals surface area contributed by atoms with Crippen LogP contribution >= 0.6 is 0 Å². The van der Waals surface area contributed by atoms with Crippen LogP contribution in [0.15, 0.2) is 0 Å². The molecule has 15 heavy (non-hydrogen) atoms. The highest BCUT2D eigenvalue weighted by Crippen LogP contribution is 2.36. The van der Waals surface area contributed by atoms with Crippen molar-refractivity contribution in [2.45, 2.75) is 72.6 Å². The van der Waals surface area contributed by atoms with E-state index < -0.39 is 0 Å². The number of rotatable bonds is 9. The lowest BCUT2D eigenvalue weighted by Crippen LogP contribution is -2.23. The van der Waals surface area contributed by atoms with Gasteiger partial charge in [-0.25, -0.2) is 0 Å². The Balaban J connectivity index is 3.72. The zero-order chi connectivity index (χ0) is 11.7. The Morgan fingerprint density at radius 2 is 1.47 bits per heavy atom. The van der Waals surface area contributed by atoms with Gasteiger partial charge in [-0.05, 0) is 30.7 Å². The summed E-state index contributed by atoms with van der Waals surface area (Å²) >= 11 is 0. The SMILES string of the molecule is CCC(CC)C(C)(C)CCCCCCN. The first-order valence-electron chi connectivity index (χ1n) is 6.78. The van der Waals surface area contributed by atoms with Gasteiger partial charge in [0.15, 0.2) is 0 Å². The van der Waals surface area contributed by atoms with Gasteiger partial charge in [0.2, 0.25) is 0 Å². The van der Waals surface area contributed by atoms with E-state index in [1.165, 1.54) is 44.9 Å². The van der Waals surface area contributed by atoms with Gasteiger partial charge in [-0.15, -0.1) is 0 Å². The van der Waals surface area contributed by atoms with Gasteiger partial charge in [-0.3, -0.25) is 0 Å². The second-order valence-corrected chi connectivity index (χ2v) is 5.45. The molecule has 0 unspecified atom stereocenters. The Labute approximate surface area is 96.8 Å². The van der Waals surface area contributed by atoms with Gasteiger partial charge in [0.25, 0.3) is 0 Å². The van der Waals surface area contributed by atoms with Gasteiger partial charge in [0.1, 0.15) is 0 Å². The van der Waals surface area contributed by atoms with Gasteiger partial charge in [0.05, 0.1) is 0 Å². The van der Waals surface area contributed by atoms with E-state index in [2.05, 4.69) is 27.7 Å². The van der Waals surface area contributed by atoms with Gasteiger partial charge in [-0.1, -0.05) is 59.8 Å². The second-order valence-electron chi connectivity index (χ2n) is 5.45. The largest absolute Gasteiger partial charge is 0.330 e. The molecule has 0 aliphatic heterocycles. The number of nitrogens with two attached hydrogens (primary N) is 1. The van der Waals surface area contributed by atoms with Crippen molar-refractivity contribution < 1.29 is 0 Å². The Kier molecular flexibility index (Phi) is 8.13. The number of hydrogen-bond acceptors (Lipinski definition) is 1. The third-order valence-electron chi connectivity index (χ3n) is 3.87. The second kappa shape index (κ2) is 8.15. The molecule has 0 saturated carbocycles. The van der Waals surface area contributed by atoms with Crippen molar-refractivity contribution in [2.24, 2.45) is 17.1 Å². The van der Waals surface area contributed by atoms with Crippen molar-refractivity contribution in [3.63, 3.8) is 0 Å². The van der Waals surface area contributed by atoms with Crippen LogP contribution in [-0.2, 0) is 0 Å². The fourth-order valence-electron chi connectivity index (χ4n) is 2.68. The van der Waals surface area contributed by atoms with Crippen molar-refractivity contribution >= 4 is 0 Å². The van der Waals surface area contributed by atoms with Crippen LogP contribution in [0.25, 0.3) is 0 Å². The zero-order valence-electron chi connectivity index (χ0n) is 11.3. The molecule has 1 nitrogen and oxygen atoms in total. The van der Waals surface area contributed by atoms with Gasteiger partial charge >= 0.3 is 0 Å². The van der Waals surface area contributed by atoms with Crippen molar-refractivity contribution in [3.05, 3.63) is 0 Å². The lowest BCUT2D eigenvalue weighted by molar-refractivity contribution is 0.177. The van der Waals surface area contributed by atoms with E-state index >= 15 is 0 Å².